The Balaban J connectivity index is 2.05. The second-order valence-electron chi connectivity index (χ2n) is 4.95. The van der Waals surface area contributed by atoms with Gasteiger partial charge in [-0.25, -0.2) is 4.79 Å². The first-order chi connectivity index (χ1) is 9.20. The van der Waals surface area contributed by atoms with E-state index in [4.69, 9.17) is 4.74 Å². The highest BCUT2D eigenvalue weighted by molar-refractivity contribution is 5.89. The summed E-state index contributed by atoms with van der Waals surface area (Å²) in [4.78, 5) is 11.8. The molecule has 19 heavy (non-hydrogen) atoms. The number of nitrogens with zero attached hydrogens (tertiary/aromatic N) is 2. The summed E-state index contributed by atoms with van der Waals surface area (Å²) in [6.45, 7) is 2.08. The molecule has 1 aliphatic rings. The highest BCUT2D eigenvalue weighted by Crippen LogP contribution is 2.27. The third kappa shape index (κ3) is 2.21. The van der Waals surface area contributed by atoms with Crippen LogP contribution in [0.2, 0.25) is 0 Å². The van der Waals surface area contributed by atoms with Crippen molar-refractivity contribution in [3.63, 3.8) is 0 Å². The largest absolute Gasteiger partial charge is 0.451 e. The van der Waals surface area contributed by atoms with Crippen LogP contribution in [0.4, 0.5) is 4.79 Å². The van der Waals surface area contributed by atoms with E-state index in [1.807, 2.05) is 24.3 Å². The number of ether oxygens (including phenoxy) is 1. The number of carbonyl (C=O) groups is 1. The third-order valence-corrected chi connectivity index (χ3v) is 3.44. The SMILES string of the molecule is COC(=O)n1nc(C(C)NC2CC2)c2ccccc21. The van der Waals surface area contributed by atoms with Crippen LogP contribution >= 0.6 is 0 Å². The first kappa shape index (κ1) is 12.2. The van der Waals surface area contributed by atoms with E-state index in [1.165, 1.54) is 24.6 Å². The minimum Gasteiger partial charge on any atom is -0.451 e. The van der Waals surface area contributed by atoms with Crippen LogP contribution < -0.4 is 5.32 Å². The molecule has 1 aromatic heterocycles. The van der Waals surface area contributed by atoms with Crippen molar-refractivity contribution >= 4 is 17.0 Å². The van der Waals surface area contributed by atoms with Gasteiger partial charge in [-0.05, 0) is 25.8 Å². The molecule has 1 heterocycles. The molecule has 0 bridgehead atoms. The third-order valence-electron chi connectivity index (χ3n) is 3.44. The number of hydrogen-bond donors (Lipinski definition) is 1. The van der Waals surface area contributed by atoms with Crippen molar-refractivity contribution in [2.24, 2.45) is 0 Å². The Morgan fingerprint density at radius 1 is 1.47 bits per heavy atom. The number of methoxy groups -OCH3 is 1. The molecule has 2 aromatic rings. The lowest BCUT2D eigenvalue weighted by atomic mass is 10.1. The zero-order valence-electron chi connectivity index (χ0n) is 11.1. The maximum absolute atomic E-state index is 11.8. The molecule has 1 unspecified atom stereocenters. The van der Waals surface area contributed by atoms with E-state index in [2.05, 4.69) is 17.3 Å². The number of benzene rings is 1. The summed E-state index contributed by atoms with van der Waals surface area (Å²) in [7, 11) is 1.37. The Hall–Kier alpha value is -1.88. The smallest absolute Gasteiger partial charge is 0.434 e. The molecule has 1 aromatic carbocycles. The topological polar surface area (TPSA) is 56.2 Å². The minimum atomic E-state index is -0.457. The fourth-order valence-corrected chi connectivity index (χ4v) is 2.32. The van der Waals surface area contributed by atoms with Gasteiger partial charge < -0.3 is 10.1 Å². The van der Waals surface area contributed by atoms with Crippen LogP contribution in [0.15, 0.2) is 24.3 Å². The number of fused-ring (bicyclic) bond motifs is 1. The number of hydrogen-bond acceptors (Lipinski definition) is 4. The molecule has 100 valence electrons. The van der Waals surface area contributed by atoms with Crippen molar-refractivity contribution < 1.29 is 9.53 Å². The molecular weight excluding hydrogens is 242 g/mol. The first-order valence-corrected chi connectivity index (χ1v) is 6.52. The van der Waals surface area contributed by atoms with Crippen molar-refractivity contribution in [1.82, 2.24) is 15.1 Å². The summed E-state index contributed by atoms with van der Waals surface area (Å²) in [6, 6.07) is 8.44. The number of nitrogens with one attached hydrogen (secondary N) is 1. The monoisotopic (exact) mass is 259 g/mol. The molecule has 1 aliphatic carbocycles. The van der Waals surface area contributed by atoms with E-state index in [0.717, 1.165) is 16.6 Å². The Bertz CT molecular complexity index is 616. The molecule has 1 N–H and O–H groups in total. The van der Waals surface area contributed by atoms with Gasteiger partial charge in [0.2, 0.25) is 0 Å². The van der Waals surface area contributed by atoms with E-state index < -0.39 is 6.09 Å². The molecule has 5 heteroatoms. The summed E-state index contributed by atoms with van der Waals surface area (Å²) in [5.74, 6) is 0. The molecule has 0 spiro atoms. The van der Waals surface area contributed by atoms with Gasteiger partial charge in [-0.15, -0.1) is 0 Å². The van der Waals surface area contributed by atoms with Crippen molar-refractivity contribution in [2.75, 3.05) is 7.11 Å². The quantitative estimate of drug-likeness (QED) is 0.920. The Kier molecular flexibility index (Phi) is 2.98. The number of aromatic nitrogens is 2. The Morgan fingerprint density at radius 2 is 2.21 bits per heavy atom. The standard InChI is InChI=1S/C14H17N3O2/c1-9(15-10-7-8-10)13-11-5-3-4-6-12(11)17(16-13)14(18)19-2/h3-6,9-10,15H,7-8H2,1-2H3. The molecule has 3 rings (SSSR count). The fourth-order valence-electron chi connectivity index (χ4n) is 2.32. The summed E-state index contributed by atoms with van der Waals surface area (Å²) in [6.07, 6.45) is 1.99. The lowest BCUT2D eigenvalue weighted by Crippen LogP contribution is -2.22. The average molecular weight is 259 g/mol. The Morgan fingerprint density at radius 3 is 2.89 bits per heavy atom. The van der Waals surface area contributed by atoms with Crippen molar-refractivity contribution in [1.29, 1.82) is 0 Å². The summed E-state index contributed by atoms with van der Waals surface area (Å²) < 4.78 is 6.10. The maximum atomic E-state index is 11.8. The Labute approximate surface area is 111 Å². The minimum absolute atomic E-state index is 0.128. The van der Waals surface area contributed by atoms with Gasteiger partial charge in [0.15, 0.2) is 0 Å². The first-order valence-electron chi connectivity index (χ1n) is 6.52. The average Bonchev–Trinajstić information content (AvgIpc) is 3.15. The maximum Gasteiger partial charge on any atom is 0.434 e. The van der Waals surface area contributed by atoms with Crippen LogP contribution in [0, 0.1) is 0 Å². The zero-order chi connectivity index (χ0) is 13.4. The number of para-hydroxylation sites is 1. The van der Waals surface area contributed by atoms with Gasteiger partial charge in [0, 0.05) is 17.5 Å². The van der Waals surface area contributed by atoms with Crippen LogP contribution in [0.5, 0.6) is 0 Å². The molecule has 1 saturated carbocycles. The van der Waals surface area contributed by atoms with Gasteiger partial charge in [-0.1, -0.05) is 18.2 Å². The van der Waals surface area contributed by atoms with Crippen LogP contribution in [-0.4, -0.2) is 29.0 Å². The molecule has 0 aliphatic heterocycles. The normalized spacial score (nSPS) is 16.5. The van der Waals surface area contributed by atoms with Crippen LogP contribution in [0.1, 0.15) is 31.5 Å². The molecular formula is C14H17N3O2. The molecule has 1 atom stereocenters. The molecule has 0 saturated heterocycles. The highest BCUT2D eigenvalue weighted by Gasteiger charge is 2.26. The van der Waals surface area contributed by atoms with Crippen molar-refractivity contribution in [3.8, 4) is 0 Å². The van der Waals surface area contributed by atoms with Crippen LogP contribution in [-0.2, 0) is 4.74 Å². The fraction of sp³-hybridized carbons (Fsp3) is 0.429. The number of carbonyl (C=O) groups excluding carboxylic acids is 1. The zero-order valence-corrected chi connectivity index (χ0v) is 11.1. The molecule has 0 amide bonds. The van der Waals surface area contributed by atoms with E-state index in [0.29, 0.717) is 6.04 Å². The molecule has 1 fully saturated rings. The predicted octanol–water partition coefficient (Wildman–Crippen LogP) is 2.46. The summed E-state index contributed by atoms with van der Waals surface area (Å²) >= 11 is 0. The number of rotatable bonds is 3. The predicted molar refractivity (Wildman–Crippen MR) is 72.1 cm³/mol. The van der Waals surface area contributed by atoms with Crippen LogP contribution in [0.3, 0.4) is 0 Å². The van der Waals surface area contributed by atoms with E-state index >= 15 is 0 Å². The summed E-state index contributed by atoms with van der Waals surface area (Å²) in [5.41, 5.74) is 1.68. The lowest BCUT2D eigenvalue weighted by Gasteiger charge is -2.10. The highest BCUT2D eigenvalue weighted by atomic mass is 16.5. The van der Waals surface area contributed by atoms with E-state index in [-0.39, 0.29) is 6.04 Å². The van der Waals surface area contributed by atoms with Crippen molar-refractivity contribution in [2.45, 2.75) is 31.8 Å². The van der Waals surface area contributed by atoms with Crippen LogP contribution in [0.25, 0.3) is 10.9 Å². The van der Waals surface area contributed by atoms with E-state index in [1.54, 1.807) is 0 Å². The second kappa shape index (κ2) is 4.66. The van der Waals surface area contributed by atoms with Gasteiger partial charge in [0.1, 0.15) is 0 Å². The van der Waals surface area contributed by atoms with Gasteiger partial charge in [0.25, 0.3) is 0 Å². The van der Waals surface area contributed by atoms with E-state index in [9.17, 15) is 4.79 Å². The van der Waals surface area contributed by atoms with Crippen molar-refractivity contribution in [3.05, 3.63) is 30.0 Å². The molecule has 5 nitrogen and oxygen atoms in total. The van der Waals surface area contributed by atoms with Gasteiger partial charge in [-0.3, -0.25) is 0 Å². The summed E-state index contributed by atoms with van der Waals surface area (Å²) in [5, 5.41) is 8.92. The van der Waals surface area contributed by atoms with Gasteiger partial charge in [0.05, 0.1) is 18.3 Å². The second-order valence-corrected chi connectivity index (χ2v) is 4.95. The van der Waals surface area contributed by atoms with Gasteiger partial charge in [-0.2, -0.15) is 9.78 Å². The lowest BCUT2D eigenvalue weighted by molar-refractivity contribution is 0.170. The van der Waals surface area contributed by atoms with Gasteiger partial charge >= 0.3 is 6.09 Å². The molecule has 0 radical (unpaired) electrons.